The fourth-order valence-corrected chi connectivity index (χ4v) is 1.45. The van der Waals surface area contributed by atoms with Gasteiger partial charge in [-0.3, -0.25) is 0 Å². The second-order valence-electron chi connectivity index (χ2n) is 1.88. The number of aryl methyl sites for hydroxylation is 1. The minimum atomic E-state index is -0.401. The van der Waals surface area contributed by atoms with E-state index in [-0.39, 0.29) is 10.8 Å². The quantitative estimate of drug-likeness (QED) is 0.582. The predicted molar refractivity (Wildman–Crippen MR) is 38.7 cm³/mol. The molecular weight excluding hydrogens is 152 g/mol. The molecule has 0 bridgehead atoms. The molecule has 10 heavy (non-hydrogen) atoms. The van der Waals surface area contributed by atoms with Gasteiger partial charge in [-0.15, -0.1) is 0 Å². The number of hydrogen-bond acceptors (Lipinski definition) is 4. The minimum absolute atomic E-state index is 0.190. The van der Waals surface area contributed by atoms with Crippen molar-refractivity contribution in [2.24, 2.45) is 0 Å². The minimum Gasteiger partial charge on any atom is -0.503 e. The van der Waals surface area contributed by atoms with Crippen molar-refractivity contribution in [2.75, 3.05) is 0 Å². The Labute approximate surface area is 62.2 Å². The van der Waals surface area contributed by atoms with E-state index < -0.39 is 5.75 Å². The molecule has 3 N–H and O–H groups in total. The fraction of sp³-hybridized carbons (Fsp3) is 0.333. The second-order valence-corrected chi connectivity index (χ2v) is 2.96. The Morgan fingerprint density at radius 2 is 1.80 bits per heavy atom. The third-order valence-electron chi connectivity index (χ3n) is 1.23. The van der Waals surface area contributed by atoms with E-state index in [0.29, 0.717) is 11.3 Å². The van der Waals surface area contributed by atoms with Crippen molar-refractivity contribution >= 4 is 11.3 Å². The van der Waals surface area contributed by atoms with Crippen molar-refractivity contribution in [2.45, 2.75) is 13.3 Å². The van der Waals surface area contributed by atoms with E-state index in [2.05, 4.69) is 0 Å². The van der Waals surface area contributed by atoms with Gasteiger partial charge >= 0.3 is 0 Å². The highest BCUT2D eigenvalue weighted by atomic mass is 32.1. The highest BCUT2D eigenvalue weighted by molar-refractivity contribution is 7.14. The zero-order valence-corrected chi connectivity index (χ0v) is 6.27. The maximum absolute atomic E-state index is 9.02. The van der Waals surface area contributed by atoms with E-state index in [9.17, 15) is 0 Å². The van der Waals surface area contributed by atoms with Gasteiger partial charge in [0.25, 0.3) is 0 Å². The lowest BCUT2D eigenvalue weighted by atomic mass is 10.3. The maximum atomic E-state index is 9.02. The highest BCUT2D eigenvalue weighted by Gasteiger charge is 2.13. The van der Waals surface area contributed by atoms with Gasteiger partial charge in [-0.25, -0.2) is 0 Å². The summed E-state index contributed by atoms with van der Waals surface area (Å²) in [7, 11) is 0. The zero-order valence-electron chi connectivity index (χ0n) is 5.46. The second kappa shape index (κ2) is 2.38. The van der Waals surface area contributed by atoms with Gasteiger partial charge in [-0.05, 0) is 6.42 Å². The Bertz CT molecular complexity index is 241. The van der Waals surface area contributed by atoms with Crippen LogP contribution in [0.2, 0.25) is 0 Å². The number of rotatable bonds is 1. The number of aromatic hydroxyl groups is 3. The molecule has 1 rings (SSSR count). The third kappa shape index (κ3) is 0.903. The van der Waals surface area contributed by atoms with Crippen LogP contribution in [0.5, 0.6) is 16.6 Å². The SMILES string of the molecule is CCc1sc(O)c(O)c1O. The van der Waals surface area contributed by atoms with E-state index in [1.54, 1.807) is 0 Å². The first-order chi connectivity index (χ1) is 4.66. The molecule has 0 aromatic carbocycles. The molecule has 0 aliphatic heterocycles. The molecule has 0 atom stereocenters. The third-order valence-corrected chi connectivity index (χ3v) is 2.35. The van der Waals surface area contributed by atoms with Crippen LogP contribution >= 0.6 is 11.3 Å². The summed E-state index contributed by atoms with van der Waals surface area (Å²) < 4.78 is 0. The van der Waals surface area contributed by atoms with Gasteiger partial charge < -0.3 is 15.3 Å². The lowest BCUT2D eigenvalue weighted by Crippen LogP contribution is -1.69. The summed E-state index contributed by atoms with van der Waals surface area (Å²) in [5.41, 5.74) is 0. The van der Waals surface area contributed by atoms with E-state index in [1.165, 1.54) is 0 Å². The summed E-state index contributed by atoms with van der Waals surface area (Å²) in [5.74, 6) is -0.591. The summed E-state index contributed by atoms with van der Waals surface area (Å²) in [6.07, 6.45) is 0.616. The van der Waals surface area contributed by atoms with E-state index >= 15 is 0 Å². The Morgan fingerprint density at radius 1 is 1.20 bits per heavy atom. The molecular formula is C6H8O3S. The molecule has 56 valence electrons. The summed E-state index contributed by atoms with van der Waals surface area (Å²) in [5, 5.41) is 26.5. The van der Waals surface area contributed by atoms with Crippen LogP contribution in [0.25, 0.3) is 0 Å². The molecule has 3 nitrogen and oxygen atoms in total. The Morgan fingerprint density at radius 3 is 2.00 bits per heavy atom. The smallest absolute Gasteiger partial charge is 0.218 e. The predicted octanol–water partition coefficient (Wildman–Crippen LogP) is 1.43. The van der Waals surface area contributed by atoms with Crippen LogP contribution in [0, 0.1) is 0 Å². The molecule has 0 fully saturated rings. The van der Waals surface area contributed by atoms with Crippen LogP contribution in [0.3, 0.4) is 0 Å². The van der Waals surface area contributed by atoms with E-state index in [4.69, 9.17) is 15.3 Å². The van der Waals surface area contributed by atoms with Crippen LogP contribution < -0.4 is 0 Å². The molecule has 1 heterocycles. The molecule has 0 saturated heterocycles. The maximum Gasteiger partial charge on any atom is 0.218 e. The van der Waals surface area contributed by atoms with Gasteiger partial charge in [0.1, 0.15) is 0 Å². The lowest BCUT2D eigenvalue weighted by molar-refractivity contribution is 0.377. The molecule has 1 aromatic heterocycles. The summed E-state index contributed by atoms with van der Waals surface area (Å²) in [6.45, 7) is 1.84. The Balaban J connectivity index is 3.17. The van der Waals surface area contributed by atoms with Crippen molar-refractivity contribution in [3.05, 3.63) is 4.88 Å². The van der Waals surface area contributed by atoms with E-state index in [1.807, 2.05) is 6.92 Å². The van der Waals surface area contributed by atoms with Gasteiger partial charge in [-0.2, -0.15) is 0 Å². The number of hydrogen-bond donors (Lipinski definition) is 3. The Kier molecular flexibility index (Phi) is 1.72. The highest BCUT2D eigenvalue weighted by Crippen LogP contribution is 2.45. The average Bonchev–Trinajstić information content (AvgIpc) is 2.17. The van der Waals surface area contributed by atoms with Crippen molar-refractivity contribution < 1.29 is 15.3 Å². The normalized spacial score (nSPS) is 10.1. The first kappa shape index (κ1) is 7.21. The van der Waals surface area contributed by atoms with Crippen LogP contribution in [0.4, 0.5) is 0 Å². The largest absolute Gasteiger partial charge is 0.503 e. The molecule has 0 aliphatic rings. The van der Waals surface area contributed by atoms with Gasteiger partial charge in [0, 0.05) is 0 Å². The van der Waals surface area contributed by atoms with Crippen molar-refractivity contribution in [3.63, 3.8) is 0 Å². The summed E-state index contributed by atoms with van der Waals surface area (Å²) in [6, 6.07) is 0. The first-order valence-corrected chi connectivity index (χ1v) is 3.71. The summed E-state index contributed by atoms with van der Waals surface area (Å²) >= 11 is 0.997. The monoisotopic (exact) mass is 160 g/mol. The zero-order chi connectivity index (χ0) is 7.72. The average molecular weight is 160 g/mol. The van der Waals surface area contributed by atoms with Gasteiger partial charge in [0.2, 0.25) is 10.8 Å². The van der Waals surface area contributed by atoms with Crippen LogP contribution in [-0.4, -0.2) is 15.3 Å². The molecule has 0 amide bonds. The van der Waals surface area contributed by atoms with Gasteiger partial charge in [-0.1, -0.05) is 18.3 Å². The summed E-state index contributed by atoms with van der Waals surface area (Å²) in [4.78, 5) is 0.606. The van der Waals surface area contributed by atoms with E-state index in [0.717, 1.165) is 11.3 Å². The lowest BCUT2D eigenvalue weighted by Gasteiger charge is -1.89. The standard InChI is InChI=1S/C6H8O3S/c1-2-3-4(7)5(8)6(9)10-3/h7-9H,2H2,1H3. The van der Waals surface area contributed by atoms with Crippen molar-refractivity contribution in [3.8, 4) is 16.6 Å². The molecule has 0 radical (unpaired) electrons. The van der Waals surface area contributed by atoms with Gasteiger partial charge in [0.05, 0.1) is 4.88 Å². The molecule has 4 heteroatoms. The Hall–Kier alpha value is -0.900. The fourth-order valence-electron chi connectivity index (χ4n) is 0.686. The number of thiophene rings is 1. The molecule has 0 saturated carbocycles. The molecule has 1 aromatic rings. The van der Waals surface area contributed by atoms with Crippen LogP contribution in [0.15, 0.2) is 0 Å². The molecule has 0 aliphatic carbocycles. The topological polar surface area (TPSA) is 60.7 Å². The van der Waals surface area contributed by atoms with Crippen molar-refractivity contribution in [1.82, 2.24) is 0 Å². The molecule has 0 spiro atoms. The van der Waals surface area contributed by atoms with Gasteiger partial charge in [0.15, 0.2) is 5.75 Å². The van der Waals surface area contributed by atoms with Crippen molar-refractivity contribution in [1.29, 1.82) is 0 Å². The van der Waals surface area contributed by atoms with Crippen LogP contribution in [-0.2, 0) is 6.42 Å². The first-order valence-electron chi connectivity index (χ1n) is 2.89. The van der Waals surface area contributed by atoms with Crippen LogP contribution in [0.1, 0.15) is 11.8 Å². The molecule has 0 unspecified atom stereocenters.